The molecule has 1 aliphatic carbocycles. The Morgan fingerprint density at radius 2 is 1.75 bits per heavy atom. The van der Waals surface area contributed by atoms with Crippen LogP contribution in [0.2, 0.25) is 0 Å². The molecular formula is C13H21NO2. The average molecular weight is 223 g/mol. The molecule has 3 heteroatoms. The quantitative estimate of drug-likeness (QED) is 0.636. The number of nitrogens with zero attached hydrogens (tertiary/aromatic N) is 1. The van der Waals surface area contributed by atoms with Gasteiger partial charge in [-0.1, -0.05) is 12.8 Å². The number of carbonyl (C=O) groups excluding carboxylic acids is 1. The van der Waals surface area contributed by atoms with Gasteiger partial charge in [0.05, 0.1) is 0 Å². The Labute approximate surface area is 97.1 Å². The second-order valence-electron chi connectivity index (χ2n) is 5.47. The van der Waals surface area contributed by atoms with E-state index < -0.39 is 0 Å². The molecule has 0 aromatic carbocycles. The van der Waals surface area contributed by atoms with Crippen LogP contribution in [-0.2, 0) is 9.53 Å². The number of carbonyl (C=O) groups is 1. The maximum atomic E-state index is 12.0. The highest BCUT2D eigenvalue weighted by Crippen LogP contribution is 2.38. The van der Waals surface area contributed by atoms with Gasteiger partial charge in [-0.3, -0.25) is 9.69 Å². The SMILES string of the molecule is O=C1O[C@@H]2CCCC[C@H]2[C@H]1N1CCCCC1. The van der Waals surface area contributed by atoms with E-state index in [0.717, 1.165) is 19.5 Å². The summed E-state index contributed by atoms with van der Waals surface area (Å²) < 4.78 is 5.55. The monoisotopic (exact) mass is 223 g/mol. The number of rotatable bonds is 1. The molecule has 3 aliphatic rings. The van der Waals surface area contributed by atoms with Gasteiger partial charge in [-0.05, 0) is 45.2 Å². The second kappa shape index (κ2) is 4.36. The van der Waals surface area contributed by atoms with Crippen LogP contribution >= 0.6 is 0 Å². The summed E-state index contributed by atoms with van der Waals surface area (Å²) in [5.74, 6) is 0.568. The Balaban J connectivity index is 1.74. The molecule has 2 heterocycles. The van der Waals surface area contributed by atoms with Crippen molar-refractivity contribution in [1.29, 1.82) is 0 Å². The van der Waals surface area contributed by atoms with Crippen LogP contribution in [0.15, 0.2) is 0 Å². The third-order valence-electron chi connectivity index (χ3n) is 4.45. The second-order valence-corrected chi connectivity index (χ2v) is 5.47. The molecule has 0 aromatic heterocycles. The van der Waals surface area contributed by atoms with Crippen molar-refractivity contribution in [3.63, 3.8) is 0 Å². The topological polar surface area (TPSA) is 29.5 Å². The van der Waals surface area contributed by atoms with E-state index in [0.29, 0.717) is 5.92 Å². The molecule has 16 heavy (non-hydrogen) atoms. The summed E-state index contributed by atoms with van der Waals surface area (Å²) in [6, 6.07) is 0.102. The summed E-state index contributed by atoms with van der Waals surface area (Å²) in [4.78, 5) is 14.4. The lowest BCUT2D eigenvalue weighted by atomic mass is 9.82. The van der Waals surface area contributed by atoms with E-state index in [2.05, 4.69) is 4.90 Å². The largest absolute Gasteiger partial charge is 0.461 e. The molecule has 0 spiro atoms. The van der Waals surface area contributed by atoms with Crippen molar-refractivity contribution in [2.24, 2.45) is 5.92 Å². The van der Waals surface area contributed by atoms with Gasteiger partial charge in [0.25, 0.3) is 0 Å². The molecule has 3 fully saturated rings. The number of fused-ring (bicyclic) bond motifs is 1. The lowest BCUT2D eigenvalue weighted by Crippen LogP contribution is -2.46. The Bertz CT molecular complexity index is 273. The van der Waals surface area contributed by atoms with Crippen molar-refractivity contribution < 1.29 is 9.53 Å². The van der Waals surface area contributed by atoms with Gasteiger partial charge in [0.1, 0.15) is 12.1 Å². The maximum Gasteiger partial charge on any atom is 0.324 e. The summed E-state index contributed by atoms with van der Waals surface area (Å²) in [6.45, 7) is 2.20. The molecule has 0 amide bonds. The lowest BCUT2D eigenvalue weighted by Gasteiger charge is -2.34. The van der Waals surface area contributed by atoms with E-state index in [1.165, 1.54) is 38.5 Å². The first-order valence-corrected chi connectivity index (χ1v) is 6.81. The number of hydrogen-bond donors (Lipinski definition) is 0. The fourth-order valence-electron chi connectivity index (χ4n) is 3.64. The molecule has 3 rings (SSSR count). The van der Waals surface area contributed by atoms with Crippen LogP contribution in [0, 0.1) is 5.92 Å². The van der Waals surface area contributed by atoms with Crippen LogP contribution in [0.1, 0.15) is 44.9 Å². The molecule has 0 unspecified atom stereocenters. The summed E-state index contributed by atoms with van der Waals surface area (Å²) in [5, 5.41) is 0. The van der Waals surface area contributed by atoms with E-state index in [9.17, 15) is 4.79 Å². The van der Waals surface area contributed by atoms with Crippen molar-refractivity contribution in [3.05, 3.63) is 0 Å². The summed E-state index contributed by atoms with van der Waals surface area (Å²) in [7, 11) is 0. The third-order valence-corrected chi connectivity index (χ3v) is 4.45. The minimum Gasteiger partial charge on any atom is -0.461 e. The number of hydrogen-bond acceptors (Lipinski definition) is 3. The van der Waals surface area contributed by atoms with Crippen molar-refractivity contribution in [3.8, 4) is 0 Å². The van der Waals surface area contributed by atoms with Gasteiger partial charge >= 0.3 is 5.97 Å². The minimum atomic E-state index is 0.0683. The van der Waals surface area contributed by atoms with E-state index in [1.807, 2.05) is 0 Å². The highest BCUT2D eigenvalue weighted by molar-refractivity contribution is 5.78. The van der Waals surface area contributed by atoms with E-state index in [-0.39, 0.29) is 18.1 Å². The summed E-state index contributed by atoms with van der Waals surface area (Å²) in [6.07, 6.45) is 8.88. The predicted octanol–water partition coefficient (Wildman–Crippen LogP) is 1.96. The number of likely N-dealkylation sites (tertiary alicyclic amines) is 1. The molecular weight excluding hydrogens is 202 g/mol. The molecule has 0 aromatic rings. The Kier molecular flexibility index (Phi) is 2.88. The molecule has 90 valence electrons. The fourth-order valence-corrected chi connectivity index (χ4v) is 3.64. The highest BCUT2D eigenvalue weighted by atomic mass is 16.6. The third kappa shape index (κ3) is 1.75. The number of piperidine rings is 1. The average Bonchev–Trinajstić information content (AvgIpc) is 2.66. The van der Waals surface area contributed by atoms with Gasteiger partial charge in [-0.15, -0.1) is 0 Å². The van der Waals surface area contributed by atoms with Crippen molar-refractivity contribution >= 4 is 5.97 Å². The van der Waals surface area contributed by atoms with Crippen LogP contribution in [0.25, 0.3) is 0 Å². The van der Waals surface area contributed by atoms with Gasteiger partial charge < -0.3 is 4.74 Å². The standard InChI is InChI=1S/C13H21NO2/c15-13-12(14-8-4-1-5-9-14)10-6-2-3-7-11(10)16-13/h10-12H,1-9H2/t10-,11-,12-/m1/s1. The first-order valence-electron chi connectivity index (χ1n) is 6.81. The van der Waals surface area contributed by atoms with Gasteiger partial charge in [-0.2, -0.15) is 0 Å². The molecule has 0 N–H and O–H groups in total. The molecule has 1 saturated carbocycles. The van der Waals surface area contributed by atoms with Crippen LogP contribution in [0.4, 0.5) is 0 Å². The zero-order chi connectivity index (χ0) is 11.0. The minimum absolute atomic E-state index is 0.0683. The van der Waals surface area contributed by atoms with Crippen molar-refractivity contribution in [2.75, 3.05) is 13.1 Å². The molecule has 3 atom stereocenters. The lowest BCUT2D eigenvalue weighted by molar-refractivity contribution is -0.145. The number of esters is 1. The van der Waals surface area contributed by atoms with Crippen LogP contribution in [0.3, 0.4) is 0 Å². The van der Waals surface area contributed by atoms with Gasteiger partial charge in [0, 0.05) is 5.92 Å². The molecule has 3 nitrogen and oxygen atoms in total. The summed E-state index contributed by atoms with van der Waals surface area (Å²) in [5.41, 5.74) is 0. The Morgan fingerprint density at radius 1 is 1.00 bits per heavy atom. The van der Waals surface area contributed by atoms with Crippen molar-refractivity contribution in [2.45, 2.75) is 57.1 Å². The van der Waals surface area contributed by atoms with E-state index in [1.54, 1.807) is 0 Å². The smallest absolute Gasteiger partial charge is 0.324 e. The highest BCUT2D eigenvalue weighted by Gasteiger charge is 2.48. The zero-order valence-electron chi connectivity index (χ0n) is 9.86. The fraction of sp³-hybridized carbons (Fsp3) is 0.923. The van der Waals surface area contributed by atoms with E-state index >= 15 is 0 Å². The summed E-state index contributed by atoms with van der Waals surface area (Å²) >= 11 is 0. The maximum absolute atomic E-state index is 12.0. The molecule has 2 aliphatic heterocycles. The number of ether oxygens (including phenoxy) is 1. The van der Waals surface area contributed by atoms with Gasteiger partial charge in [0.15, 0.2) is 0 Å². The van der Waals surface area contributed by atoms with Gasteiger partial charge in [0.2, 0.25) is 0 Å². The normalized spacial score (nSPS) is 40.5. The first kappa shape index (κ1) is 10.6. The van der Waals surface area contributed by atoms with Gasteiger partial charge in [-0.25, -0.2) is 0 Å². The van der Waals surface area contributed by atoms with Crippen molar-refractivity contribution in [1.82, 2.24) is 4.90 Å². The Morgan fingerprint density at radius 3 is 2.56 bits per heavy atom. The Hall–Kier alpha value is -0.570. The molecule has 2 saturated heterocycles. The predicted molar refractivity (Wildman–Crippen MR) is 61.1 cm³/mol. The van der Waals surface area contributed by atoms with E-state index in [4.69, 9.17) is 4.74 Å². The van der Waals surface area contributed by atoms with Crippen LogP contribution in [-0.4, -0.2) is 36.1 Å². The van der Waals surface area contributed by atoms with Crippen LogP contribution in [0.5, 0.6) is 0 Å². The van der Waals surface area contributed by atoms with Crippen LogP contribution < -0.4 is 0 Å². The first-order chi connectivity index (χ1) is 7.86. The molecule has 0 radical (unpaired) electrons. The zero-order valence-corrected chi connectivity index (χ0v) is 9.86. The molecule has 0 bridgehead atoms.